The van der Waals surface area contributed by atoms with Gasteiger partial charge in [0.15, 0.2) is 0 Å². The maximum absolute atomic E-state index is 11.8. The van der Waals surface area contributed by atoms with E-state index >= 15 is 0 Å². The first kappa shape index (κ1) is 14.4. The van der Waals surface area contributed by atoms with Crippen molar-refractivity contribution in [2.75, 3.05) is 0 Å². The van der Waals surface area contributed by atoms with Crippen LogP contribution in [0.4, 0.5) is 0 Å². The third kappa shape index (κ3) is 3.50. The summed E-state index contributed by atoms with van der Waals surface area (Å²) in [7, 11) is 0. The van der Waals surface area contributed by atoms with Crippen molar-refractivity contribution in [2.45, 2.75) is 6.92 Å². The van der Waals surface area contributed by atoms with Gasteiger partial charge in [-0.15, -0.1) is 0 Å². The van der Waals surface area contributed by atoms with Gasteiger partial charge in [0.05, 0.1) is 5.71 Å². The van der Waals surface area contributed by atoms with E-state index in [1.165, 1.54) is 36.4 Å². The highest BCUT2D eigenvalue weighted by Crippen LogP contribution is 2.23. The molecule has 2 aromatic carbocycles. The number of nitrogens with zero attached hydrogens (tertiary/aromatic N) is 1. The molecule has 0 saturated carbocycles. The van der Waals surface area contributed by atoms with Crippen LogP contribution < -0.4 is 5.43 Å². The van der Waals surface area contributed by atoms with Gasteiger partial charge in [-0.25, -0.2) is 5.43 Å². The van der Waals surface area contributed by atoms with E-state index in [1.807, 2.05) is 0 Å². The summed E-state index contributed by atoms with van der Waals surface area (Å²) in [6.07, 6.45) is 0. The normalized spacial score (nSPS) is 11.2. The Kier molecular flexibility index (Phi) is 4.08. The van der Waals surface area contributed by atoms with Crippen molar-refractivity contribution in [1.29, 1.82) is 0 Å². The monoisotopic (exact) mass is 286 g/mol. The van der Waals surface area contributed by atoms with Crippen molar-refractivity contribution in [1.82, 2.24) is 5.43 Å². The third-order valence-electron chi connectivity index (χ3n) is 2.80. The van der Waals surface area contributed by atoms with Crippen LogP contribution in [0.3, 0.4) is 0 Å². The molecular weight excluding hydrogens is 272 g/mol. The van der Waals surface area contributed by atoms with Crippen LogP contribution in [0.5, 0.6) is 17.2 Å². The van der Waals surface area contributed by atoms with Gasteiger partial charge in [0.25, 0.3) is 5.91 Å². The Morgan fingerprint density at radius 2 is 1.76 bits per heavy atom. The van der Waals surface area contributed by atoms with E-state index in [0.29, 0.717) is 11.3 Å². The number of carbonyl (C=O) groups is 1. The van der Waals surface area contributed by atoms with Crippen molar-refractivity contribution in [2.24, 2.45) is 5.10 Å². The van der Waals surface area contributed by atoms with Crippen LogP contribution in [0.1, 0.15) is 22.8 Å². The second-order valence-electron chi connectivity index (χ2n) is 4.39. The van der Waals surface area contributed by atoms with E-state index in [-0.39, 0.29) is 22.8 Å². The molecule has 0 aliphatic heterocycles. The molecule has 2 aromatic rings. The number of rotatable bonds is 3. The first-order valence-electron chi connectivity index (χ1n) is 6.13. The third-order valence-corrected chi connectivity index (χ3v) is 2.80. The lowest BCUT2D eigenvalue weighted by molar-refractivity contribution is 0.0954. The molecule has 0 spiro atoms. The highest BCUT2D eigenvalue weighted by Gasteiger charge is 2.08. The predicted octanol–water partition coefficient (Wildman–Crippen LogP) is 1.96. The fourth-order valence-corrected chi connectivity index (χ4v) is 1.73. The number of amides is 1. The van der Waals surface area contributed by atoms with Crippen LogP contribution >= 0.6 is 0 Å². The molecule has 0 saturated heterocycles. The van der Waals surface area contributed by atoms with Gasteiger partial charge >= 0.3 is 0 Å². The number of aromatic hydroxyl groups is 3. The molecule has 108 valence electrons. The number of phenols is 3. The largest absolute Gasteiger partial charge is 0.508 e. The number of hydrogen-bond donors (Lipinski definition) is 4. The Hall–Kier alpha value is -3.02. The second-order valence-corrected chi connectivity index (χ2v) is 4.39. The molecule has 0 aliphatic carbocycles. The van der Waals surface area contributed by atoms with Gasteiger partial charge in [-0.05, 0) is 37.3 Å². The Morgan fingerprint density at radius 3 is 2.43 bits per heavy atom. The van der Waals surface area contributed by atoms with Gasteiger partial charge in [-0.2, -0.15) is 5.10 Å². The van der Waals surface area contributed by atoms with Crippen molar-refractivity contribution in [3.8, 4) is 17.2 Å². The molecule has 0 aromatic heterocycles. The topological polar surface area (TPSA) is 102 Å². The second kappa shape index (κ2) is 5.96. The molecule has 21 heavy (non-hydrogen) atoms. The molecule has 0 radical (unpaired) electrons. The van der Waals surface area contributed by atoms with Gasteiger partial charge in [-0.3, -0.25) is 4.79 Å². The average Bonchev–Trinajstić information content (AvgIpc) is 2.44. The summed E-state index contributed by atoms with van der Waals surface area (Å²) in [5, 5.41) is 32.1. The van der Waals surface area contributed by atoms with E-state index in [0.717, 1.165) is 0 Å². The minimum absolute atomic E-state index is 0.0143. The van der Waals surface area contributed by atoms with Crippen LogP contribution in [0, 0.1) is 0 Å². The Labute approximate surface area is 121 Å². The summed E-state index contributed by atoms with van der Waals surface area (Å²) in [4.78, 5) is 11.8. The lowest BCUT2D eigenvalue weighted by Gasteiger charge is -2.05. The molecular formula is C15H14N2O4. The molecule has 0 atom stereocenters. The van der Waals surface area contributed by atoms with Gasteiger partial charge in [0, 0.05) is 17.2 Å². The van der Waals surface area contributed by atoms with Crippen molar-refractivity contribution in [3.05, 3.63) is 53.6 Å². The van der Waals surface area contributed by atoms with Crippen molar-refractivity contribution >= 4 is 11.6 Å². The Balaban J connectivity index is 2.15. The number of nitrogens with one attached hydrogen (secondary N) is 1. The molecule has 6 heteroatoms. The minimum atomic E-state index is -0.483. The van der Waals surface area contributed by atoms with Crippen molar-refractivity contribution < 1.29 is 20.1 Å². The molecule has 0 bridgehead atoms. The number of hydrazone groups is 1. The zero-order chi connectivity index (χ0) is 15.4. The summed E-state index contributed by atoms with van der Waals surface area (Å²) in [5.74, 6) is -0.696. The minimum Gasteiger partial charge on any atom is -0.508 e. The standard InChI is InChI=1S/C15H14N2O4/c1-9(13-6-5-12(19)8-14(13)20)16-17-15(21)10-3-2-4-11(18)7-10/h2-8,18-20H,1H3,(H,17,21)/b16-9-. The number of phenolic OH excluding ortho intramolecular Hbond substituents is 3. The molecule has 4 N–H and O–H groups in total. The smallest absolute Gasteiger partial charge is 0.271 e. The molecule has 0 heterocycles. The molecule has 6 nitrogen and oxygen atoms in total. The van der Waals surface area contributed by atoms with Gasteiger partial charge in [-0.1, -0.05) is 6.07 Å². The number of hydrogen-bond acceptors (Lipinski definition) is 5. The summed E-state index contributed by atoms with van der Waals surface area (Å²) in [6, 6.07) is 9.95. The lowest BCUT2D eigenvalue weighted by Crippen LogP contribution is -2.19. The van der Waals surface area contributed by atoms with Gasteiger partial charge in [0.2, 0.25) is 0 Å². The molecule has 0 aliphatic rings. The van der Waals surface area contributed by atoms with Crippen LogP contribution in [-0.4, -0.2) is 26.9 Å². The maximum Gasteiger partial charge on any atom is 0.271 e. The summed E-state index contributed by atoms with van der Waals surface area (Å²) in [6.45, 7) is 1.61. The lowest BCUT2D eigenvalue weighted by atomic mass is 10.1. The van der Waals surface area contributed by atoms with Crippen molar-refractivity contribution in [3.63, 3.8) is 0 Å². The highest BCUT2D eigenvalue weighted by molar-refractivity contribution is 6.02. The average molecular weight is 286 g/mol. The van der Waals surface area contributed by atoms with E-state index in [9.17, 15) is 20.1 Å². The van der Waals surface area contributed by atoms with E-state index in [2.05, 4.69) is 10.5 Å². The summed E-state index contributed by atoms with van der Waals surface area (Å²) >= 11 is 0. The number of benzene rings is 2. The van der Waals surface area contributed by atoms with Crippen LogP contribution in [-0.2, 0) is 0 Å². The molecule has 2 rings (SSSR count). The summed E-state index contributed by atoms with van der Waals surface area (Å²) in [5.41, 5.74) is 3.36. The fraction of sp³-hybridized carbons (Fsp3) is 0.0667. The zero-order valence-corrected chi connectivity index (χ0v) is 11.2. The molecule has 1 amide bonds. The number of carbonyl (C=O) groups excluding carboxylic acids is 1. The first-order chi connectivity index (χ1) is 9.97. The SMILES string of the molecule is C/C(=N/NC(=O)c1cccc(O)c1)c1ccc(O)cc1O. The van der Waals surface area contributed by atoms with E-state index in [1.54, 1.807) is 13.0 Å². The van der Waals surface area contributed by atoms with E-state index in [4.69, 9.17) is 0 Å². The van der Waals surface area contributed by atoms with Gasteiger partial charge < -0.3 is 15.3 Å². The molecule has 0 unspecified atom stereocenters. The Bertz CT molecular complexity index is 711. The van der Waals surface area contributed by atoms with Crippen LogP contribution in [0.15, 0.2) is 47.6 Å². The zero-order valence-electron chi connectivity index (χ0n) is 11.2. The first-order valence-corrected chi connectivity index (χ1v) is 6.13. The quantitative estimate of drug-likeness (QED) is 0.511. The molecule has 0 fully saturated rings. The van der Waals surface area contributed by atoms with E-state index < -0.39 is 5.91 Å². The van der Waals surface area contributed by atoms with Crippen LogP contribution in [0.25, 0.3) is 0 Å². The van der Waals surface area contributed by atoms with Gasteiger partial charge in [0.1, 0.15) is 17.2 Å². The predicted molar refractivity (Wildman–Crippen MR) is 77.6 cm³/mol. The maximum atomic E-state index is 11.8. The Morgan fingerprint density at radius 1 is 1.05 bits per heavy atom. The van der Waals surface area contributed by atoms with Crippen LogP contribution in [0.2, 0.25) is 0 Å². The fourth-order valence-electron chi connectivity index (χ4n) is 1.73. The highest BCUT2D eigenvalue weighted by atomic mass is 16.3. The summed E-state index contributed by atoms with van der Waals surface area (Å²) < 4.78 is 0.